The maximum absolute atomic E-state index is 13.6. The molecule has 0 spiro atoms. The van der Waals surface area contributed by atoms with Crippen molar-refractivity contribution in [3.63, 3.8) is 0 Å². The van der Waals surface area contributed by atoms with Crippen LogP contribution in [0.4, 0.5) is 10.1 Å². The molecule has 1 unspecified atom stereocenters. The van der Waals surface area contributed by atoms with E-state index in [9.17, 15) is 4.39 Å². The molecule has 0 aliphatic carbocycles. The average Bonchev–Trinajstić information content (AvgIpc) is 2.55. The normalized spacial score (nSPS) is 18.0. The van der Waals surface area contributed by atoms with Gasteiger partial charge in [0.1, 0.15) is 5.82 Å². The van der Waals surface area contributed by atoms with Crippen LogP contribution >= 0.6 is 11.6 Å². The number of hydrogen-bond acceptors (Lipinski definition) is 2. The fourth-order valence-electron chi connectivity index (χ4n) is 2.84. The molecule has 1 aliphatic heterocycles. The molecule has 114 valence electrons. The predicted octanol–water partition coefficient (Wildman–Crippen LogP) is 4.64. The van der Waals surface area contributed by atoms with E-state index < -0.39 is 0 Å². The Morgan fingerprint density at radius 3 is 2.86 bits per heavy atom. The minimum Gasteiger partial charge on any atom is -0.388 e. The molecule has 2 aromatic rings. The molecule has 0 radical (unpaired) electrons. The van der Waals surface area contributed by atoms with E-state index in [1.165, 1.54) is 6.07 Å². The third kappa shape index (κ3) is 3.16. The number of halogens is 2. The Kier molecular flexibility index (Phi) is 4.46. The molecule has 4 heteroatoms. The number of nitrogens with one attached hydrogen (secondary N) is 2. The highest BCUT2D eigenvalue weighted by Gasteiger charge is 2.18. The van der Waals surface area contributed by atoms with Gasteiger partial charge in [0.2, 0.25) is 0 Å². The SMILES string of the molecule is CNc1ccc(F)cc1C1=CC(c2cccc(Cl)c2)NCC1. The molecule has 1 atom stereocenters. The quantitative estimate of drug-likeness (QED) is 0.862. The summed E-state index contributed by atoms with van der Waals surface area (Å²) < 4.78 is 13.6. The van der Waals surface area contributed by atoms with E-state index in [0.717, 1.165) is 40.4 Å². The summed E-state index contributed by atoms with van der Waals surface area (Å²) in [5.41, 5.74) is 4.13. The van der Waals surface area contributed by atoms with Crippen molar-refractivity contribution < 1.29 is 4.39 Å². The van der Waals surface area contributed by atoms with Crippen molar-refractivity contribution in [1.29, 1.82) is 0 Å². The summed E-state index contributed by atoms with van der Waals surface area (Å²) in [6.45, 7) is 0.850. The van der Waals surface area contributed by atoms with Crippen LogP contribution in [0.5, 0.6) is 0 Å². The zero-order valence-corrected chi connectivity index (χ0v) is 13.1. The topological polar surface area (TPSA) is 24.1 Å². The van der Waals surface area contributed by atoms with Gasteiger partial charge in [0.15, 0.2) is 0 Å². The summed E-state index contributed by atoms with van der Waals surface area (Å²) in [5, 5.41) is 7.32. The predicted molar refractivity (Wildman–Crippen MR) is 90.7 cm³/mol. The van der Waals surface area contributed by atoms with Crippen molar-refractivity contribution in [2.75, 3.05) is 18.9 Å². The number of rotatable bonds is 3. The van der Waals surface area contributed by atoms with Crippen LogP contribution in [-0.2, 0) is 0 Å². The molecule has 22 heavy (non-hydrogen) atoms. The molecule has 1 heterocycles. The lowest BCUT2D eigenvalue weighted by Gasteiger charge is -2.24. The highest BCUT2D eigenvalue weighted by molar-refractivity contribution is 6.30. The van der Waals surface area contributed by atoms with Gasteiger partial charge in [0.05, 0.1) is 6.04 Å². The molecular weight excluding hydrogens is 299 g/mol. The van der Waals surface area contributed by atoms with Crippen LogP contribution in [0.3, 0.4) is 0 Å². The van der Waals surface area contributed by atoms with Crippen LogP contribution < -0.4 is 10.6 Å². The highest BCUT2D eigenvalue weighted by atomic mass is 35.5. The maximum atomic E-state index is 13.6. The van der Waals surface area contributed by atoms with Gasteiger partial charge < -0.3 is 10.6 Å². The van der Waals surface area contributed by atoms with E-state index in [4.69, 9.17) is 11.6 Å². The van der Waals surface area contributed by atoms with Gasteiger partial charge in [-0.3, -0.25) is 0 Å². The van der Waals surface area contributed by atoms with Gasteiger partial charge in [-0.15, -0.1) is 0 Å². The van der Waals surface area contributed by atoms with Crippen LogP contribution in [0, 0.1) is 5.82 Å². The van der Waals surface area contributed by atoms with E-state index in [2.05, 4.69) is 16.7 Å². The number of benzene rings is 2. The second-order valence-electron chi connectivity index (χ2n) is 5.37. The molecule has 0 saturated heterocycles. The first-order valence-corrected chi connectivity index (χ1v) is 7.72. The molecule has 0 amide bonds. The molecule has 2 nitrogen and oxygen atoms in total. The third-order valence-electron chi connectivity index (χ3n) is 3.93. The fraction of sp³-hybridized carbons (Fsp3) is 0.222. The summed E-state index contributed by atoms with van der Waals surface area (Å²) in [6.07, 6.45) is 3.03. The summed E-state index contributed by atoms with van der Waals surface area (Å²) in [5.74, 6) is -0.215. The third-order valence-corrected chi connectivity index (χ3v) is 4.17. The standard InChI is InChI=1S/C18H18ClFN2/c1-21-17-6-5-15(20)11-16(17)12-7-8-22-18(10-12)13-3-2-4-14(19)9-13/h2-6,9-11,18,21-22H,7-8H2,1H3. The Morgan fingerprint density at radius 2 is 2.09 bits per heavy atom. The Balaban J connectivity index is 1.99. The largest absolute Gasteiger partial charge is 0.388 e. The Hall–Kier alpha value is -1.84. The van der Waals surface area contributed by atoms with Crippen molar-refractivity contribution in [2.45, 2.75) is 12.5 Å². The Bertz CT molecular complexity index is 712. The molecule has 1 aliphatic rings. The molecule has 3 rings (SSSR count). The average molecular weight is 317 g/mol. The zero-order valence-electron chi connectivity index (χ0n) is 12.4. The molecule has 0 saturated carbocycles. The minimum atomic E-state index is -0.215. The van der Waals surface area contributed by atoms with E-state index in [1.54, 1.807) is 12.1 Å². The van der Waals surface area contributed by atoms with Crippen LogP contribution in [0.1, 0.15) is 23.6 Å². The summed E-state index contributed by atoms with van der Waals surface area (Å²) in [7, 11) is 1.85. The van der Waals surface area contributed by atoms with Crippen LogP contribution in [0.2, 0.25) is 5.02 Å². The fourth-order valence-corrected chi connectivity index (χ4v) is 3.04. The second-order valence-corrected chi connectivity index (χ2v) is 5.81. The van der Waals surface area contributed by atoms with Crippen LogP contribution in [0.15, 0.2) is 48.5 Å². The van der Waals surface area contributed by atoms with E-state index in [1.807, 2.05) is 31.3 Å². The number of anilines is 1. The first-order valence-electron chi connectivity index (χ1n) is 7.34. The van der Waals surface area contributed by atoms with Crippen LogP contribution in [-0.4, -0.2) is 13.6 Å². The molecule has 0 fully saturated rings. The molecule has 2 aromatic carbocycles. The summed E-state index contributed by atoms with van der Waals surface area (Å²) in [4.78, 5) is 0. The lowest BCUT2D eigenvalue weighted by atomic mass is 9.93. The van der Waals surface area contributed by atoms with E-state index >= 15 is 0 Å². The van der Waals surface area contributed by atoms with Gasteiger partial charge in [0.25, 0.3) is 0 Å². The van der Waals surface area contributed by atoms with Crippen LogP contribution in [0.25, 0.3) is 5.57 Å². The molecule has 2 N–H and O–H groups in total. The monoisotopic (exact) mass is 316 g/mol. The Morgan fingerprint density at radius 1 is 1.23 bits per heavy atom. The van der Waals surface area contributed by atoms with Gasteiger partial charge >= 0.3 is 0 Å². The first-order chi connectivity index (χ1) is 10.7. The molecule has 0 bridgehead atoms. The van der Waals surface area contributed by atoms with Gasteiger partial charge in [-0.05, 0) is 47.9 Å². The summed E-state index contributed by atoms with van der Waals surface area (Å²) >= 11 is 6.08. The highest BCUT2D eigenvalue weighted by Crippen LogP contribution is 2.32. The minimum absolute atomic E-state index is 0.0930. The lowest BCUT2D eigenvalue weighted by Crippen LogP contribution is -2.25. The van der Waals surface area contributed by atoms with Crippen molar-refractivity contribution in [1.82, 2.24) is 5.32 Å². The molecule has 0 aromatic heterocycles. The van der Waals surface area contributed by atoms with E-state index in [-0.39, 0.29) is 11.9 Å². The van der Waals surface area contributed by atoms with Gasteiger partial charge in [0, 0.05) is 29.9 Å². The van der Waals surface area contributed by atoms with Crippen molar-refractivity contribution in [3.8, 4) is 0 Å². The Labute approximate surface area is 135 Å². The second kappa shape index (κ2) is 6.51. The molecular formula is C18H18ClFN2. The summed E-state index contributed by atoms with van der Waals surface area (Å²) in [6, 6.07) is 12.8. The smallest absolute Gasteiger partial charge is 0.123 e. The van der Waals surface area contributed by atoms with Gasteiger partial charge in [-0.2, -0.15) is 0 Å². The first kappa shape index (κ1) is 15.1. The van der Waals surface area contributed by atoms with Gasteiger partial charge in [-0.1, -0.05) is 29.8 Å². The van der Waals surface area contributed by atoms with Crippen molar-refractivity contribution in [3.05, 3.63) is 70.5 Å². The van der Waals surface area contributed by atoms with Gasteiger partial charge in [-0.25, -0.2) is 4.39 Å². The maximum Gasteiger partial charge on any atom is 0.123 e. The van der Waals surface area contributed by atoms with Crippen molar-refractivity contribution in [2.24, 2.45) is 0 Å². The van der Waals surface area contributed by atoms with Crippen molar-refractivity contribution >= 4 is 22.9 Å². The van der Waals surface area contributed by atoms with E-state index in [0.29, 0.717) is 0 Å². The zero-order chi connectivity index (χ0) is 15.5. The lowest BCUT2D eigenvalue weighted by molar-refractivity contribution is 0.607. The number of hydrogen-bond donors (Lipinski definition) is 2.